The molecule has 3 amide bonds. The Morgan fingerprint density at radius 1 is 1.10 bits per heavy atom. The van der Waals surface area contributed by atoms with Gasteiger partial charge in [-0.2, -0.15) is 0 Å². The van der Waals surface area contributed by atoms with Crippen LogP contribution in [-0.4, -0.2) is 51.8 Å². The molecule has 2 aliphatic rings. The van der Waals surface area contributed by atoms with Gasteiger partial charge in [0.25, 0.3) is 5.91 Å². The summed E-state index contributed by atoms with van der Waals surface area (Å²) in [5.74, 6) is -1.51. The second-order valence-electron chi connectivity index (χ2n) is 8.15. The Hall–Kier alpha value is -3.42. The van der Waals surface area contributed by atoms with Crippen molar-refractivity contribution < 1.29 is 23.9 Å². The van der Waals surface area contributed by atoms with E-state index in [0.717, 1.165) is 34.8 Å². The first-order valence-electron chi connectivity index (χ1n) is 10.4. The van der Waals surface area contributed by atoms with Gasteiger partial charge in [0, 0.05) is 22.6 Å². The molecule has 31 heavy (non-hydrogen) atoms. The van der Waals surface area contributed by atoms with E-state index in [2.05, 4.69) is 5.32 Å². The molecule has 0 atom stereocenters. The number of imide groups is 1. The molecule has 0 bridgehead atoms. The second kappa shape index (κ2) is 8.02. The summed E-state index contributed by atoms with van der Waals surface area (Å²) in [7, 11) is 0. The molecule has 1 saturated carbocycles. The van der Waals surface area contributed by atoms with Gasteiger partial charge in [0.1, 0.15) is 12.1 Å². The topological polar surface area (TPSA) is 97.7 Å². The second-order valence-corrected chi connectivity index (χ2v) is 8.15. The molecule has 162 valence electrons. The van der Waals surface area contributed by atoms with Gasteiger partial charge in [0.15, 0.2) is 6.61 Å². The molecule has 1 aliphatic carbocycles. The molecule has 4 rings (SSSR count). The van der Waals surface area contributed by atoms with E-state index in [0.29, 0.717) is 18.4 Å². The molecule has 2 aromatic rings. The minimum atomic E-state index is -0.873. The van der Waals surface area contributed by atoms with E-state index in [1.54, 1.807) is 6.07 Å². The van der Waals surface area contributed by atoms with Crippen molar-refractivity contribution in [2.24, 2.45) is 0 Å². The third kappa shape index (κ3) is 3.73. The largest absolute Gasteiger partial charge is 0.456 e. The van der Waals surface area contributed by atoms with Crippen molar-refractivity contribution in [2.45, 2.75) is 45.1 Å². The van der Waals surface area contributed by atoms with Gasteiger partial charge in [0.2, 0.25) is 5.78 Å². The number of hydrogen-bond donors (Lipinski definition) is 1. The number of Topliss-reactive ketones (excluding diaryl/α,β-unsaturated/α-hetero) is 1. The van der Waals surface area contributed by atoms with Crippen molar-refractivity contribution in [3.05, 3.63) is 53.3 Å². The Bertz CT molecular complexity index is 1050. The Labute approximate surface area is 180 Å². The summed E-state index contributed by atoms with van der Waals surface area (Å²) in [5, 5.41) is 2.72. The fraction of sp³-hybridized carbons (Fsp3) is 0.391. The molecule has 1 spiro atoms. The summed E-state index contributed by atoms with van der Waals surface area (Å²) in [4.78, 5) is 50.6. The van der Waals surface area contributed by atoms with Crippen molar-refractivity contribution in [3.8, 4) is 5.69 Å². The van der Waals surface area contributed by atoms with Gasteiger partial charge >= 0.3 is 12.0 Å². The fourth-order valence-electron chi connectivity index (χ4n) is 4.56. The van der Waals surface area contributed by atoms with Crippen molar-refractivity contribution >= 4 is 23.7 Å². The number of amides is 3. The predicted octanol–water partition coefficient (Wildman–Crippen LogP) is 2.68. The van der Waals surface area contributed by atoms with Crippen LogP contribution in [0.1, 0.15) is 47.4 Å². The number of nitrogens with zero attached hydrogens (tertiary/aromatic N) is 2. The number of urea groups is 1. The van der Waals surface area contributed by atoms with Crippen LogP contribution in [0.15, 0.2) is 36.4 Å². The molecule has 8 nitrogen and oxygen atoms in total. The number of nitrogens with one attached hydrogen (secondary N) is 1. The number of aryl methyl sites for hydroxylation is 1. The van der Waals surface area contributed by atoms with Crippen LogP contribution < -0.4 is 5.32 Å². The molecule has 1 N–H and O–H groups in total. The molecule has 1 saturated heterocycles. The standard InChI is InChI=1S/C23H25N3O5/c1-15-12-18(16(2)26(15)17-8-4-3-5-9-17)19(27)14-31-20(28)13-25-21(29)23(24-22(25)30)10-6-7-11-23/h3-5,8-9,12H,6-7,10-11,13-14H2,1-2H3,(H,24,30). The van der Waals surface area contributed by atoms with Crippen LogP contribution in [0.3, 0.4) is 0 Å². The summed E-state index contributed by atoms with van der Waals surface area (Å²) in [6.45, 7) is 2.79. The maximum atomic E-state index is 12.7. The van der Waals surface area contributed by atoms with Gasteiger partial charge in [0.05, 0.1) is 0 Å². The molecule has 2 heterocycles. The summed E-state index contributed by atoms with van der Waals surface area (Å²) >= 11 is 0. The lowest BCUT2D eigenvalue weighted by atomic mass is 9.98. The maximum absolute atomic E-state index is 12.7. The zero-order valence-corrected chi connectivity index (χ0v) is 17.6. The van der Waals surface area contributed by atoms with E-state index in [4.69, 9.17) is 4.74 Å². The Morgan fingerprint density at radius 2 is 1.77 bits per heavy atom. The fourth-order valence-corrected chi connectivity index (χ4v) is 4.56. The smallest absolute Gasteiger partial charge is 0.326 e. The normalized spacial score (nSPS) is 17.3. The van der Waals surface area contributed by atoms with E-state index in [1.165, 1.54) is 0 Å². The molecule has 0 radical (unpaired) electrons. The lowest BCUT2D eigenvalue weighted by Gasteiger charge is -2.19. The minimum Gasteiger partial charge on any atom is -0.456 e. The van der Waals surface area contributed by atoms with Crippen LogP contribution in [0, 0.1) is 13.8 Å². The van der Waals surface area contributed by atoms with Gasteiger partial charge < -0.3 is 14.6 Å². The van der Waals surface area contributed by atoms with Crippen LogP contribution in [0.25, 0.3) is 5.69 Å². The molecule has 0 unspecified atom stereocenters. The Kier molecular flexibility index (Phi) is 5.39. The van der Waals surface area contributed by atoms with E-state index in [1.807, 2.05) is 48.7 Å². The summed E-state index contributed by atoms with van der Waals surface area (Å²) < 4.78 is 7.07. The number of para-hydroxylation sites is 1. The highest BCUT2D eigenvalue weighted by Gasteiger charge is 2.52. The van der Waals surface area contributed by atoms with Crippen molar-refractivity contribution in [2.75, 3.05) is 13.2 Å². The van der Waals surface area contributed by atoms with Gasteiger partial charge in [-0.1, -0.05) is 31.0 Å². The van der Waals surface area contributed by atoms with Crippen molar-refractivity contribution in [1.82, 2.24) is 14.8 Å². The third-order valence-corrected chi connectivity index (χ3v) is 6.10. The van der Waals surface area contributed by atoms with Gasteiger partial charge in [-0.25, -0.2) is 4.79 Å². The minimum absolute atomic E-state index is 0.340. The zero-order chi connectivity index (χ0) is 22.2. The molecule has 8 heteroatoms. The molecule has 1 aromatic carbocycles. The van der Waals surface area contributed by atoms with Crippen LogP contribution in [0.5, 0.6) is 0 Å². The van der Waals surface area contributed by atoms with Crippen molar-refractivity contribution in [3.63, 3.8) is 0 Å². The zero-order valence-electron chi connectivity index (χ0n) is 17.6. The number of rotatable bonds is 6. The number of carbonyl (C=O) groups is 4. The van der Waals surface area contributed by atoms with Gasteiger partial charge in [-0.15, -0.1) is 0 Å². The highest BCUT2D eigenvalue weighted by atomic mass is 16.5. The van der Waals surface area contributed by atoms with Crippen molar-refractivity contribution in [1.29, 1.82) is 0 Å². The van der Waals surface area contributed by atoms with Crippen LogP contribution in [0.4, 0.5) is 4.79 Å². The first kappa shape index (κ1) is 20.8. The molecule has 1 aromatic heterocycles. The van der Waals surface area contributed by atoms with E-state index in [-0.39, 0.29) is 11.7 Å². The highest BCUT2D eigenvalue weighted by Crippen LogP contribution is 2.34. The average Bonchev–Trinajstić information content (AvgIpc) is 3.40. The molecular weight excluding hydrogens is 398 g/mol. The number of benzene rings is 1. The Morgan fingerprint density at radius 3 is 2.45 bits per heavy atom. The third-order valence-electron chi connectivity index (χ3n) is 6.10. The number of ketones is 1. The summed E-state index contributed by atoms with van der Waals surface area (Å²) in [6, 6.07) is 10.8. The summed E-state index contributed by atoms with van der Waals surface area (Å²) in [6.07, 6.45) is 2.89. The van der Waals surface area contributed by atoms with Crippen LogP contribution in [0.2, 0.25) is 0 Å². The quantitative estimate of drug-likeness (QED) is 0.438. The van der Waals surface area contributed by atoms with E-state index >= 15 is 0 Å². The average molecular weight is 423 g/mol. The Balaban J connectivity index is 1.39. The molecule has 2 fully saturated rings. The van der Waals surface area contributed by atoms with Crippen LogP contribution >= 0.6 is 0 Å². The number of aromatic nitrogens is 1. The lowest BCUT2D eigenvalue weighted by Crippen LogP contribution is -2.44. The van der Waals surface area contributed by atoms with E-state index in [9.17, 15) is 19.2 Å². The predicted molar refractivity (Wildman–Crippen MR) is 112 cm³/mol. The van der Waals surface area contributed by atoms with Crippen LogP contribution in [-0.2, 0) is 14.3 Å². The maximum Gasteiger partial charge on any atom is 0.326 e. The van der Waals surface area contributed by atoms with Gasteiger partial charge in [-0.3, -0.25) is 19.3 Å². The SMILES string of the molecule is Cc1cc(C(=O)COC(=O)CN2C(=O)NC3(CCCC3)C2=O)c(C)n1-c1ccccc1. The monoisotopic (exact) mass is 423 g/mol. The lowest BCUT2D eigenvalue weighted by molar-refractivity contribution is -0.146. The number of carbonyl (C=O) groups excluding carboxylic acids is 4. The number of hydrogen-bond acceptors (Lipinski definition) is 5. The molecule has 1 aliphatic heterocycles. The van der Waals surface area contributed by atoms with E-state index < -0.39 is 30.7 Å². The van der Waals surface area contributed by atoms with Gasteiger partial charge in [-0.05, 0) is 44.9 Å². The first-order valence-corrected chi connectivity index (χ1v) is 10.4. The summed E-state index contributed by atoms with van der Waals surface area (Å²) in [5.41, 5.74) is 2.17. The first-order chi connectivity index (χ1) is 14.8. The molecular formula is C23H25N3O5. The number of esters is 1. The highest BCUT2D eigenvalue weighted by molar-refractivity contribution is 6.09. The number of ether oxygens (including phenoxy) is 1.